The minimum atomic E-state index is -0.103. The van der Waals surface area contributed by atoms with Crippen molar-refractivity contribution in [3.63, 3.8) is 0 Å². The van der Waals surface area contributed by atoms with Crippen LogP contribution in [0.2, 0.25) is 5.02 Å². The monoisotopic (exact) mass is 300 g/mol. The molecular weight excluding hydrogens is 276 g/mol. The average Bonchev–Trinajstić information content (AvgIpc) is 2.47. The zero-order valence-corrected chi connectivity index (χ0v) is 13.3. The third kappa shape index (κ3) is 4.94. The van der Waals surface area contributed by atoms with E-state index in [2.05, 4.69) is 24.1 Å². The average molecular weight is 301 g/mol. The molecule has 1 aromatic carbocycles. The van der Waals surface area contributed by atoms with E-state index in [1.807, 2.05) is 18.2 Å². The van der Waals surface area contributed by atoms with Gasteiger partial charge in [0.15, 0.2) is 0 Å². The maximum absolute atomic E-state index is 9.53. The largest absolute Gasteiger partial charge is 0.495 e. The van der Waals surface area contributed by atoms with Crippen molar-refractivity contribution >= 4 is 11.6 Å². The number of hydrogen-bond acceptors (Lipinski definition) is 4. The Morgan fingerprint density at radius 2 is 2.05 bits per heavy atom. The topological polar surface area (TPSA) is 44.7 Å². The molecule has 1 atom stereocenters. The minimum Gasteiger partial charge on any atom is -0.495 e. The second-order valence-corrected chi connectivity index (χ2v) is 5.02. The van der Waals surface area contributed by atoms with Crippen molar-refractivity contribution in [2.75, 3.05) is 39.9 Å². The van der Waals surface area contributed by atoms with E-state index in [-0.39, 0.29) is 12.6 Å². The highest BCUT2D eigenvalue weighted by molar-refractivity contribution is 6.32. The fraction of sp³-hybridized carbons (Fsp3) is 0.600. The van der Waals surface area contributed by atoms with Crippen molar-refractivity contribution < 1.29 is 9.84 Å². The molecule has 0 aliphatic rings. The van der Waals surface area contributed by atoms with E-state index in [0.29, 0.717) is 10.8 Å². The lowest BCUT2D eigenvalue weighted by Gasteiger charge is -2.22. The third-order valence-electron chi connectivity index (χ3n) is 3.47. The van der Waals surface area contributed by atoms with Gasteiger partial charge < -0.3 is 20.1 Å². The lowest BCUT2D eigenvalue weighted by Crippen LogP contribution is -2.34. The Labute approximate surface area is 126 Å². The van der Waals surface area contributed by atoms with Gasteiger partial charge in [-0.25, -0.2) is 0 Å². The molecule has 114 valence electrons. The van der Waals surface area contributed by atoms with E-state index in [4.69, 9.17) is 16.3 Å². The summed E-state index contributed by atoms with van der Waals surface area (Å²) in [5.74, 6) is 0.648. The number of likely N-dealkylation sites (N-methyl/N-ethyl adjacent to an activating group) is 1. The molecule has 0 amide bonds. The van der Waals surface area contributed by atoms with Gasteiger partial charge in [0.05, 0.1) is 24.8 Å². The zero-order valence-electron chi connectivity index (χ0n) is 12.5. The van der Waals surface area contributed by atoms with Crippen LogP contribution in [0.3, 0.4) is 0 Å². The van der Waals surface area contributed by atoms with Gasteiger partial charge in [-0.05, 0) is 30.8 Å². The Morgan fingerprint density at radius 1 is 1.35 bits per heavy atom. The van der Waals surface area contributed by atoms with Crippen LogP contribution in [0, 0.1) is 0 Å². The Bertz CT molecular complexity index is 397. The quantitative estimate of drug-likeness (QED) is 0.735. The molecule has 1 unspecified atom stereocenters. The van der Waals surface area contributed by atoms with Crippen LogP contribution in [-0.4, -0.2) is 49.9 Å². The first-order chi connectivity index (χ1) is 9.65. The summed E-state index contributed by atoms with van der Waals surface area (Å²) in [7, 11) is 1.59. The molecule has 0 spiro atoms. The minimum absolute atomic E-state index is 0.0426. The first-order valence-electron chi connectivity index (χ1n) is 7.06. The van der Waals surface area contributed by atoms with Crippen molar-refractivity contribution in [1.29, 1.82) is 0 Å². The van der Waals surface area contributed by atoms with Gasteiger partial charge in [-0.3, -0.25) is 0 Å². The Kier molecular flexibility index (Phi) is 7.92. The van der Waals surface area contributed by atoms with E-state index in [0.717, 1.165) is 31.7 Å². The van der Waals surface area contributed by atoms with Crippen LogP contribution in [0.25, 0.3) is 0 Å². The normalized spacial score (nSPS) is 12.7. The predicted molar refractivity (Wildman–Crippen MR) is 83.6 cm³/mol. The van der Waals surface area contributed by atoms with Gasteiger partial charge in [-0.15, -0.1) is 0 Å². The van der Waals surface area contributed by atoms with Gasteiger partial charge in [-0.1, -0.05) is 31.5 Å². The number of aliphatic hydroxyl groups excluding tert-OH is 1. The second-order valence-electron chi connectivity index (χ2n) is 4.61. The first-order valence-corrected chi connectivity index (χ1v) is 7.44. The number of hydrogen-bond donors (Lipinski definition) is 2. The number of ether oxygens (including phenoxy) is 1. The highest BCUT2D eigenvalue weighted by Crippen LogP contribution is 2.27. The molecule has 5 heteroatoms. The Balaban J connectivity index is 2.59. The van der Waals surface area contributed by atoms with Gasteiger partial charge in [0.1, 0.15) is 5.75 Å². The lowest BCUT2D eigenvalue weighted by molar-refractivity contribution is 0.233. The molecule has 0 bridgehead atoms. The van der Waals surface area contributed by atoms with Crippen molar-refractivity contribution in [1.82, 2.24) is 10.2 Å². The molecule has 1 rings (SSSR count). The molecule has 20 heavy (non-hydrogen) atoms. The standard InChI is InChI=1S/C15H25ClN2O2/c1-4-18(5-2)9-8-17-14(11-19)12-6-7-15(20-3)13(16)10-12/h6-7,10,14,17,19H,4-5,8-9,11H2,1-3H3. The number of rotatable bonds is 9. The Morgan fingerprint density at radius 3 is 2.55 bits per heavy atom. The number of nitrogens with zero attached hydrogens (tertiary/aromatic N) is 1. The van der Waals surface area contributed by atoms with Crippen LogP contribution in [0.4, 0.5) is 0 Å². The fourth-order valence-corrected chi connectivity index (χ4v) is 2.39. The summed E-state index contributed by atoms with van der Waals surface area (Å²) in [5.41, 5.74) is 0.970. The third-order valence-corrected chi connectivity index (χ3v) is 3.77. The number of benzene rings is 1. The molecule has 0 saturated heterocycles. The molecule has 0 saturated carbocycles. The molecular formula is C15H25ClN2O2. The van der Waals surface area contributed by atoms with Crippen LogP contribution in [0.1, 0.15) is 25.5 Å². The molecule has 1 aromatic rings. The van der Waals surface area contributed by atoms with Crippen LogP contribution in [0.15, 0.2) is 18.2 Å². The molecule has 0 aliphatic carbocycles. The zero-order chi connectivity index (χ0) is 15.0. The molecule has 0 heterocycles. The Hall–Kier alpha value is -0.810. The number of methoxy groups -OCH3 is 1. The van der Waals surface area contributed by atoms with Crippen molar-refractivity contribution in [2.24, 2.45) is 0 Å². The van der Waals surface area contributed by atoms with Crippen LogP contribution >= 0.6 is 11.6 Å². The maximum Gasteiger partial charge on any atom is 0.137 e. The highest BCUT2D eigenvalue weighted by Gasteiger charge is 2.12. The molecule has 0 aromatic heterocycles. The summed E-state index contributed by atoms with van der Waals surface area (Å²) in [4.78, 5) is 2.34. The van der Waals surface area contributed by atoms with Gasteiger partial charge in [0.25, 0.3) is 0 Å². The number of nitrogens with one attached hydrogen (secondary N) is 1. The SMILES string of the molecule is CCN(CC)CCNC(CO)c1ccc(OC)c(Cl)c1. The van der Waals surface area contributed by atoms with Crippen molar-refractivity contribution in [3.8, 4) is 5.75 Å². The molecule has 0 fully saturated rings. The summed E-state index contributed by atoms with van der Waals surface area (Å²) >= 11 is 6.12. The fourth-order valence-electron chi connectivity index (χ4n) is 2.12. The van der Waals surface area contributed by atoms with Gasteiger partial charge in [-0.2, -0.15) is 0 Å². The van der Waals surface area contributed by atoms with E-state index < -0.39 is 0 Å². The van der Waals surface area contributed by atoms with E-state index >= 15 is 0 Å². The summed E-state index contributed by atoms with van der Waals surface area (Å²) in [6.07, 6.45) is 0. The van der Waals surface area contributed by atoms with Gasteiger partial charge in [0.2, 0.25) is 0 Å². The van der Waals surface area contributed by atoms with Gasteiger partial charge in [0, 0.05) is 13.1 Å². The van der Waals surface area contributed by atoms with E-state index in [9.17, 15) is 5.11 Å². The smallest absolute Gasteiger partial charge is 0.137 e. The highest BCUT2D eigenvalue weighted by atomic mass is 35.5. The summed E-state index contributed by atoms with van der Waals surface area (Å²) < 4.78 is 5.13. The molecule has 0 radical (unpaired) electrons. The van der Waals surface area contributed by atoms with E-state index in [1.165, 1.54) is 0 Å². The molecule has 4 nitrogen and oxygen atoms in total. The van der Waals surface area contributed by atoms with Gasteiger partial charge >= 0.3 is 0 Å². The van der Waals surface area contributed by atoms with Crippen molar-refractivity contribution in [3.05, 3.63) is 28.8 Å². The molecule has 0 aliphatic heterocycles. The maximum atomic E-state index is 9.53. The lowest BCUT2D eigenvalue weighted by atomic mass is 10.1. The first kappa shape index (κ1) is 17.2. The number of aliphatic hydroxyl groups is 1. The second kappa shape index (κ2) is 9.19. The predicted octanol–water partition coefficient (Wildman–Crippen LogP) is 2.31. The van der Waals surface area contributed by atoms with Crippen LogP contribution in [0.5, 0.6) is 5.75 Å². The summed E-state index contributed by atoms with van der Waals surface area (Å²) in [6, 6.07) is 5.49. The van der Waals surface area contributed by atoms with E-state index in [1.54, 1.807) is 7.11 Å². The van der Waals surface area contributed by atoms with Crippen LogP contribution in [-0.2, 0) is 0 Å². The summed E-state index contributed by atoms with van der Waals surface area (Å²) in [6.45, 7) is 8.21. The van der Waals surface area contributed by atoms with Crippen molar-refractivity contribution in [2.45, 2.75) is 19.9 Å². The summed E-state index contributed by atoms with van der Waals surface area (Å²) in [5, 5.41) is 13.4. The molecule has 2 N–H and O–H groups in total. The van der Waals surface area contributed by atoms with Crippen LogP contribution < -0.4 is 10.1 Å². The number of halogens is 1.